The van der Waals surface area contributed by atoms with Gasteiger partial charge in [-0.2, -0.15) is 0 Å². The number of nitro benzene ring substituents is 1. The zero-order valence-electron chi connectivity index (χ0n) is 8.30. The predicted octanol–water partition coefficient (Wildman–Crippen LogP) is 3.36. The van der Waals surface area contributed by atoms with E-state index in [9.17, 15) is 10.1 Å². The second-order valence-corrected chi connectivity index (χ2v) is 3.87. The number of non-ortho nitro benzene ring substituents is 1. The summed E-state index contributed by atoms with van der Waals surface area (Å²) in [5, 5.41) is 10.7. The Kier molecular flexibility index (Phi) is 3.21. The first-order valence-electron chi connectivity index (χ1n) is 4.51. The lowest BCUT2D eigenvalue weighted by molar-refractivity contribution is -0.384. The van der Waals surface area contributed by atoms with Crippen LogP contribution in [0, 0.1) is 10.1 Å². The van der Waals surface area contributed by atoms with Crippen LogP contribution in [-0.4, -0.2) is 14.9 Å². The minimum atomic E-state index is -0.469. The molecule has 1 aromatic heterocycles. The van der Waals surface area contributed by atoms with E-state index in [1.54, 1.807) is 12.1 Å². The van der Waals surface area contributed by atoms with Crippen LogP contribution in [0.15, 0.2) is 30.3 Å². The molecule has 0 radical (unpaired) electrons. The molecule has 5 nitrogen and oxygen atoms in total. The van der Waals surface area contributed by atoms with Gasteiger partial charge in [0.1, 0.15) is 5.15 Å². The van der Waals surface area contributed by atoms with Gasteiger partial charge in [0, 0.05) is 23.8 Å². The second kappa shape index (κ2) is 4.65. The largest absolute Gasteiger partial charge is 0.269 e. The number of nitrogens with zero attached hydrogens (tertiary/aromatic N) is 3. The zero-order chi connectivity index (χ0) is 12.4. The van der Waals surface area contributed by atoms with Gasteiger partial charge >= 0.3 is 0 Å². The van der Waals surface area contributed by atoms with Gasteiger partial charge < -0.3 is 0 Å². The number of hydrogen-bond donors (Lipinski definition) is 0. The molecule has 2 aromatic rings. The molecule has 0 amide bonds. The van der Waals surface area contributed by atoms with Gasteiger partial charge in [-0.1, -0.05) is 11.6 Å². The third kappa shape index (κ3) is 2.69. The third-order valence-corrected chi connectivity index (χ3v) is 2.40. The van der Waals surface area contributed by atoms with Gasteiger partial charge in [-0.05, 0) is 23.7 Å². The molecule has 0 saturated carbocycles. The Labute approximate surface area is 106 Å². The van der Waals surface area contributed by atoms with E-state index in [0.29, 0.717) is 11.3 Å². The van der Waals surface area contributed by atoms with Crippen molar-refractivity contribution in [2.45, 2.75) is 0 Å². The summed E-state index contributed by atoms with van der Waals surface area (Å²) in [7, 11) is 0. The topological polar surface area (TPSA) is 68.9 Å². The maximum Gasteiger partial charge on any atom is 0.269 e. The summed E-state index contributed by atoms with van der Waals surface area (Å²) in [6, 6.07) is 7.47. The van der Waals surface area contributed by atoms with Crippen LogP contribution >= 0.6 is 23.2 Å². The number of nitro groups is 1. The van der Waals surface area contributed by atoms with Crippen LogP contribution in [0.25, 0.3) is 11.3 Å². The summed E-state index contributed by atoms with van der Waals surface area (Å²) in [5.41, 5.74) is 1.21. The summed E-state index contributed by atoms with van der Waals surface area (Å²) in [6.07, 6.45) is 0. The van der Waals surface area contributed by atoms with E-state index in [0.717, 1.165) is 0 Å². The molecule has 0 fully saturated rings. The van der Waals surface area contributed by atoms with Gasteiger partial charge in [0.15, 0.2) is 0 Å². The molecule has 86 valence electrons. The average molecular weight is 270 g/mol. The van der Waals surface area contributed by atoms with Gasteiger partial charge in [-0.3, -0.25) is 10.1 Å². The Morgan fingerprint density at radius 1 is 1.12 bits per heavy atom. The minimum Gasteiger partial charge on any atom is -0.258 e. The molecule has 0 aliphatic rings. The van der Waals surface area contributed by atoms with Gasteiger partial charge in [-0.25, -0.2) is 9.97 Å². The smallest absolute Gasteiger partial charge is 0.258 e. The van der Waals surface area contributed by atoms with Crippen molar-refractivity contribution in [3.8, 4) is 11.3 Å². The van der Waals surface area contributed by atoms with Crippen molar-refractivity contribution < 1.29 is 4.92 Å². The molecule has 0 N–H and O–H groups in total. The number of benzene rings is 1. The van der Waals surface area contributed by atoms with Crippen molar-refractivity contribution in [1.29, 1.82) is 0 Å². The standard InChI is InChI=1S/C10H5Cl2N3O2/c11-9-5-8(13-10(12)14-9)6-1-3-7(4-2-6)15(16)17/h1-5H. The number of rotatable bonds is 2. The van der Waals surface area contributed by atoms with Gasteiger partial charge in [0.25, 0.3) is 5.69 Å². The normalized spacial score (nSPS) is 10.2. The SMILES string of the molecule is O=[N+]([O-])c1ccc(-c2cc(Cl)nc(Cl)n2)cc1. The number of aromatic nitrogens is 2. The van der Waals surface area contributed by atoms with Gasteiger partial charge in [0.2, 0.25) is 5.28 Å². The molecule has 0 spiro atoms. The van der Waals surface area contributed by atoms with Gasteiger partial charge in [-0.15, -0.1) is 0 Å². The molecule has 0 unspecified atom stereocenters. The van der Waals surface area contributed by atoms with Crippen LogP contribution < -0.4 is 0 Å². The first kappa shape index (κ1) is 11.8. The van der Waals surface area contributed by atoms with Crippen LogP contribution in [0.4, 0.5) is 5.69 Å². The van der Waals surface area contributed by atoms with E-state index in [4.69, 9.17) is 23.2 Å². The second-order valence-electron chi connectivity index (χ2n) is 3.15. The summed E-state index contributed by atoms with van der Waals surface area (Å²) in [6.45, 7) is 0. The van der Waals surface area contributed by atoms with Crippen LogP contribution in [0.1, 0.15) is 0 Å². The van der Waals surface area contributed by atoms with Gasteiger partial charge in [0.05, 0.1) is 10.6 Å². The van der Waals surface area contributed by atoms with Crippen molar-refractivity contribution >= 4 is 28.9 Å². The molecule has 0 saturated heterocycles. The summed E-state index contributed by atoms with van der Waals surface area (Å²) < 4.78 is 0. The van der Waals surface area contributed by atoms with Crippen molar-refractivity contribution in [3.63, 3.8) is 0 Å². The summed E-state index contributed by atoms with van der Waals surface area (Å²) >= 11 is 11.4. The minimum absolute atomic E-state index is 0.0139. The Hall–Kier alpha value is -1.72. The lowest BCUT2D eigenvalue weighted by atomic mass is 10.1. The molecule has 2 rings (SSSR count). The lowest BCUT2D eigenvalue weighted by Gasteiger charge is -2.01. The van der Waals surface area contributed by atoms with Crippen molar-refractivity contribution in [3.05, 3.63) is 50.9 Å². The Balaban J connectivity index is 2.43. The van der Waals surface area contributed by atoms with Crippen molar-refractivity contribution in [1.82, 2.24) is 9.97 Å². The molecule has 1 heterocycles. The fourth-order valence-electron chi connectivity index (χ4n) is 1.29. The monoisotopic (exact) mass is 269 g/mol. The molecule has 1 aromatic carbocycles. The molecular formula is C10H5Cl2N3O2. The third-order valence-electron chi connectivity index (χ3n) is 2.04. The quantitative estimate of drug-likeness (QED) is 0.363. The molecule has 0 atom stereocenters. The Bertz CT molecular complexity index is 552. The van der Waals surface area contributed by atoms with Crippen LogP contribution in [-0.2, 0) is 0 Å². The molecule has 0 bridgehead atoms. The maximum atomic E-state index is 10.5. The summed E-state index contributed by atoms with van der Waals surface area (Å²) in [4.78, 5) is 17.7. The van der Waals surface area contributed by atoms with E-state index in [1.165, 1.54) is 18.2 Å². The molecule has 17 heavy (non-hydrogen) atoms. The Morgan fingerprint density at radius 2 is 1.76 bits per heavy atom. The summed E-state index contributed by atoms with van der Waals surface area (Å²) in [5.74, 6) is 0. The maximum absolute atomic E-state index is 10.5. The van der Waals surface area contributed by atoms with E-state index < -0.39 is 4.92 Å². The predicted molar refractivity (Wildman–Crippen MR) is 64.1 cm³/mol. The highest BCUT2D eigenvalue weighted by atomic mass is 35.5. The zero-order valence-corrected chi connectivity index (χ0v) is 9.81. The van der Waals surface area contributed by atoms with Crippen molar-refractivity contribution in [2.24, 2.45) is 0 Å². The highest BCUT2D eigenvalue weighted by molar-refractivity contribution is 6.32. The highest BCUT2D eigenvalue weighted by Crippen LogP contribution is 2.23. The molecular weight excluding hydrogens is 265 g/mol. The van der Waals surface area contributed by atoms with E-state index in [1.807, 2.05) is 0 Å². The first-order valence-corrected chi connectivity index (χ1v) is 5.27. The number of hydrogen-bond acceptors (Lipinski definition) is 4. The van der Waals surface area contributed by atoms with E-state index >= 15 is 0 Å². The first-order chi connectivity index (χ1) is 8.06. The number of halogens is 2. The molecule has 0 aliphatic heterocycles. The van der Waals surface area contributed by atoms with Crippen LogP contribution in [0.2, 0.25) is 10.4 Å². The van der Waals surface area contributed by atoms with Crippen molar-refractivity contribution in [2.75, 3.05) is 0 Å². The fourth-order valence-corrected chi connectivity index (χ4v) is 1.70. The Morgan fingerprint density at radius 3 is 2.29 bits per heavy atom. The lowest BCUT2D eigenvalue weighted by Crippen LogP contribution is -1.90. The van der Waals surface area contributed by atoms with Crippen LogP contribution in [0.5, 0.6) is 0 Å². The van der Waals surface area contributed by atoms with E-state index in [2.05, 4.69) is 9.97 Å². The fraction of sp³-hybridized carbons (Fsp3) is 0. The average Bonchev–Trinajstić information content (AvgIpc) is 2.28. The highest BCUT2D eigenvalue weighted by Gasteiger charge is 2.07. The van der Waals surface area contributed by atoms with E-state index in [-0.39, 0.29) is 16.1 Å². The van der Waals surface area contributed by atoms with Crippen LogP contribution in [0.3, 0.4) is 0 Å². The molecule has 0 aliphatic carbocycles. The molecule has 7 heteroatoms.